The third kappa shape index (κ3) is 5.05. The molecule has 0 radical (unpaired) electrons. The van der Waals surface area contributed by atoms with Crippen LogP contribution < -0.4 is 25.7 Å². The summed E-state index contributed by atoms with van der Waals surface area (Å²) in [6, 6.07) is 19.6. The number of nitrogens with zero attached hydrogens (tertiary/aromatic N) is 2. The van der Waals surface area contributed by atoms with Gasteiger partial charge >= 0.3 is 6.03 Å². The zero-order valence-electron chi connectivity index (χ0n) is 20.0. The molecule has 1 saturated heterocycles. The van der Waals surface area contributed by atoms with Gasteiger partial charge in [-0.15, -0.1) is 0 Å². The summed E-state index contributed by atoms with van der Waals surface area (Å²) in [5.41, 5.74) is 1.59. The normalized spacial score (nSPS) is 18.1. The van der Waals surface area contributed by atoms with Crippen molar-refractivity contribution in [1.29, 1.82) is 0 Å². The van der Waals surface area contributed by atoms with Gasteiger partial charge in [0.1, 0.15) is 17.2 Å². The number of anilines is 2. The molecular formula is C27H28N4O5. The predicted octanol–water partition coefficient (Wildman–Crippen LogP) is 3.53. The first kappa shape index (κ1) is 23.5. The summed E-state index contributed by atoms with van der Waals surface area (Å²) in [5.74, 6) is 1.12. The minimum absolute atomic E-state index is 0.0537. The van der Waals surface area contributed by atoms with E-state index in [9.17, 15) is 14.4 Å². The fourth-order valence-electron chi connectivity index (χ4n) is 4.94. The van der Waals surface area contributed by atoms with Gasteiger partial charge in [0, 0.05) is 36.9 Å². The van der Waals surface area contributed by atoms with Gasteiger partial charge in [-0.05, 0) is 60.9 Å². The van der Waals surface area contributed by atoms with E-state index in [1.165, 1.54) is 0 Å². The van der Waals surface area contributed by atoms with Crippen molar-refractivity contribution in [2.24, 2.45) is 5.92 Å². The van der Waals surface area contributed by atoms with Crippen LogP contribution in [0.3, 0.4) is 0 Å². The van der Waals surface area contributed by atoms with Crippen molar-refractivity contribution in [1.82, 2.24) is 9.47 Å². The van der Waals surface area contributed by atoms with E-state index in [1.807, 2.05) is 29.2 Å². The third-order valence-corrected chi connectivity index (χ3v) is 6.62. The highest BCUT2D eigenvalue weighted by atomic mass is 16.5. The molecular weight excluding hydrogens is 460 g/mol. The highest BCUT2D eigenvalue weighted by Crippen LogP contribution is 2.35. The number of nitrogens with one attached hydrogen (secondary N) is 2. The van der Waals surface area contributed by atoms with Gasteiger partial charge in [-0.2, -0.15) is 0 Å². The molecule has 2 atom stereocenters. The first-order valence-corrected chi connectivity index (χ1v) is 11.9. The number of aromatic nitrogens is 1. The second kappa shape index (κ2) is 10.2. The van der Waals surface area contributed by atoms with Gasteiger partial charge in [-0.1, -0.05) is 18.2 Å². The maximum atomic E-state index is 13.2. The number of urea groups is 1. The monoisotopic (exact) mass is 488 g/mol. The Kier molecular flexibility index (Phi) is 6.62. The quantitative estimate of drug-likeness (QED) is 0.553. The lowest BCUT2D eigenvalue weighted by Gasteiger charge is -2.42. The minimum atomic E-state index is -0.395. The van der Waals surface area contributed by atoms with Crippen LogP contribution in [0.4, 0.5) is 16.2 Å². The van der Waals surface area contributed by atoms with Gasteiger partial charge in [0.2, 0.25) is 0 Å². The molecule has 9 nitrogen and oxygen atoms in total. The van der Waals surface area contributed by atoms with Crippen LogP contribution in [0.2, 0.25) is 0 Å². The number of likely N-dealkylation sites (tertiary alicyclic amines) is 1. The van der Waals surface area contributed by atoms with Gasteiger partial charge in [0.15, 0.2) is 6.61 Å². The third-order valence-electron chi connectivity index (χ3n) is 6.62. The molecule has 3 amide bonds. The van der Waals surface area contributed by atoms with Crippen LogP contribution >= 0.6 is 0 Å². The van der Waals surface area contributed by atoms with Crippen LogP contribution in [0.15, 0.2) is 71.5 Å². The summed E-state index contributed by atoms with van der Waals surface area (Å²) < 4.78 is 12.4. The van der Waals surface area contributed by atoms with Crippen molar-refractivity contribution in [3.63, 3.8) is 0 Å². The van der Waals surface area contributed by atoms with E-state index in [-0.39, 0.29) is 35.7 Å². The number of carbonyl (C=O) groups excluding carboxylic acids is 2. The van der Waals surface area contributed by atoms with Gasteiger partial charge < -0.3 is 29.6 Å². The molecule has 2 aromatic carbocycles. The summed E-state index contributed by atoms with van der Waals surface area (Å²) in [6.07, 6.45) is 0.919. The van der Waals surface area contributed by atoms with Gasteiger partial charge in [-0.3, -0.25) is 9.59 Å². The second-order valence-electron chi connectivity index (χ2n) is 9.10. The molecule has 1 aromatic heterocycles. The number of rotatable bonds is 6. The van der Waals surface area contributed by atoms with Crippen LogP contribution in [0, 0.1) is 5.92 Å². The van der Waals surface area contributed by atoms with Crippen LogP contribution in [-0.4, -0.2) is 48.2 Å². The van der Waals surface area contributed by atoms with Gasteiger partial charge in [0.25, 0.3) is 11.5 Å². The van der Waals surface area contributed by atoms with E-state index in [2.05, 4.69) is 10.6 Å². The number of amides is 3. The number of benzene rings is 2. The molecule has 1 fully saturated rings. The van der Waals surface area contributed by atoms with Gasteiger partial charge in [-0.25, -0.2) is 4.79 Å². The second-order valence-corrected chi connectivity index (χ2v) is 9.10. The van der Waals surface area contributed by atoms with Crippen molar-refractivity contribution in [3.05, 3.63) is 82.8 Å². The molecule has 9 heteroatoms. The predicted molar refractivity (Wildman–Crippen MR) is 136 cm³/mol. The Morgan fingerprint density at radius 1 is 0.917 bits per heavy atom. The van der Waals surface area contributed by atoms with Crippen LogP contribution in [0.1, 0.15) is 18.0 Å². The van der Waals surface area contributed by atoms with Crippen molar-refractivity contribution >= 4 is 23.3 Å². The Hall–Kier alpha value is -4.27. The number of para-hydroxylation sites is 1. The Bertz CT molecular complexity index is 1310. The fraction of sp³-hybridized carbons (Fsp3) is 0.296. The molecule has 186 valence electrons. The molecule has 5 rings (SSSR count). The smallest absolute Gasteiger partial charge is 0.321 e. The largest absolute Gasteiger partial charge is 0.497 e. The minimum Gasteiger partial charge on any atom is -0.497 e. The molecule has 2 N–H and O–H groups in total. The molecule has 2 aliphatic heterocycles. The average Bonchev–Trinajstić information content (AvgIpc) is 2.90. The zero-order chi connectivity index (χ0) is 25.1. The van der Waals surface area contributed by atoms with E-state index in [0.29, 0.717) is 31.1 Å². The highest BCUT2D eigenvalue weighted by Gasteiger charge is 2.36. The van der Waals surface area contributed by atoms with Crippen LogP contribution in [-0.2, 0) is 11.3 Å². The number of carbonyl (C=O) groups is 2. The summed E-state index contributed by atoms with van der Waals surface area (Å²) in [4.78, 5) is 40.3. The number of piperidine rings is 1. The van der Waals surface area contributed by atoms with Gasteiger partial charge in [0.05, 0.1) is 7.11 Å². The van der Waals surface area contributed by atoms with Crippen molar-refractivity contribution in [3.8, 4) is 11.5 Å². The molecule has 0 spiro atoms. The van der Waals surface area contributed by atoms with Crippen LogP contribution in [0.25, 0.3) is 0 Å². The number of ether oxygens (including phenoxy) is 2. The number of hydrogen-bond donors (Lipinski definition) is 2. The molecule has 2 aliphatic rings. The number of pyridine rings is 1. The molecule has 3 aromatic rings. The standard InChI is InChI=1S/C27H28N4O5/c1-35-21-9-7-20(8-10-21)28-27(34)30-14-18-13-19(16-30)24-12-11-23(26(33)31(24)15-18)29-25(32)17-36-22-5-3-2-4-6-22/h2-12,18-19H,13-17H2,1H3,(H,28,34)(H,29,32)/t18-,19-/m1/s1. The Balaban J connectivity index is 1.24. The number of methoxy groups -OCH3 is 1. The van der Waals surface area contributed by atoms with E-state index < -0.39 is 5.91 Å². The molecule has 36 heavy (non-hydrogen) atoms. The van der Waals surface area contributed by atoms with E-state index in [1.54, 1.807) is 54.1 Å². The lowest BCUT2D eigenvalue weighted by atomic mass is 9.83. The number of fused-ring (bicyclic) bond motifs is 4. The maximum Gasteiger partial charge on any atom is 0.321 e. The van der Waals surface area contributed by atoms with Crippen molar-refractivity contribution < 1.29 is 19.1 Å². The van der Waals surface area contributed by atoms with E-state index in [0.717, 1.165) is 17.9 Å². The lowest BCUT2D eigenvalue weighted by molar-refractivity contribution is -0.118. The Labute approximate surface area is 208 Å². The number of hydrogen-bond acceptors (Lipinski definition) is 5. The summed E-state index contributed by atoms with van der Waals surface area (Å²) in [5, 5.41) is 5.62. The first-order chi connectivity index (χ1) is 17.5. The SMILES string of the molecule is COc1ccc(NC(=O)N2C[C@H]3C[C@H](C2)c2ccc(NC(=O)COc4ccccc4)c(=O)n2C3)cc1. The zero-order valence-corrected chi connectivity index (χ0v) is 20.0. The summed E-state index contributed by atoms with van der Waals surface area (Å²) in [7, 11) is 1.60. The van der Waals surface area contributed by atoms with Crippen molar-refractivity contribution in [2.75, 3.05) is 37.4 Å². The van der Waals surface area contributed by atoms with E-state index in [4.69, 9.17) is 9.47 Å². The van der Waals surface area contributed by atoms with E-state index >= 15 is 0 Å². The maximum absolute atomic E-state index is 13.2. The molecule has 0 aliphatic carbocycles. The molecule has 3 heterocycles. The molecule has 2 bridgehead atoms. The Morgan fingerprint density at radius 2 is 1.69 bits per heavy atom. The summed E-state index contributed by atoms with van der Waals surface area (Å²) in [6.45, 7) is 1.40. The average molecular weight is 489 g/mol. The summed E-state index contributed by atoms with van der Waals surface area (Å²) >= 11 is 0. The molecule has 0 saturated carbocycles. The topological polar surface area (TPSA) is 102 Å². The Morgan fingerprint density at radius 3 is 2.44 bits per heavy atom. The fourth-order valence-corrected chi connectivity index (χ4v) is 4.94. The molecule has 0 unspecified atom stereocenters. The van der Waals surface area contributed by atoms with Crippen LogP contribution in [0.5, 0.6) is 11.5 Å². The van der Waals surface area contributed by atoms with Crippen molar-refractivity contribution in [2.45, 2.75) is 18.9 Å². The highest BCUT2D eigenvalue weighted by molar-refractivity contribution is 5.91. The lowest BCUT2D eigenvalue weighted by Crippen LogP contribution is -2.50. The first-order valence-electron chi connectivity index (χ1n) is 11.9.